The molecule has 0 aliphatic carbocycles. The van der Waals surface area contributed by atoms with Crippen molar-refractivity contribution in [2.24, 2.45) is 0 Å². The second-order valence-corrected chi connectivity index (χ2v) is 15.2. The Labute approximate surface area is 230 Å². The van der Waals surface area contributed by atoms with Crippen molar-refractivity contribution in [1.82, 2.24) is 0 Å². The van der Waals surface area contributed by atoms with Crippen LogP contribution in [0.25, 0.3) is 11.1 Å². The molecule has 2 nitrogen and oxygen atoms in total. The smallest absolute Gasteiger partial charge is 0.197 e. The zero-order valence-corrected chi connectivity index (χ0v) is 23.2. The van der Waals surface area contributed by atoms with Crippen LogP contribution < -0.4 is 21.1 Å². The van der Waals surface area contributed by atoms with Gasteiger partial charge in [-0.15, -0.1) is 0 Å². The number of hydrogen-bond acceptors (Lipinski definition) is 3. The topological polar surface area (TPSA) is 15.3 Å². The van der Waals surface area contributed by atoms with E-state index >= 15 is 0 Å². The second kappa shape index (κ2) is 7.98. The van der Waals surface area contributed by atoms with Crippen molar-refractivity contribution in [2.45, 2.75) is 26.5 Å². The van der Waals surface area contributed by atoms with Crippen LogP contribution in [0.1, 0.15) is 5.56 Å². The third-order valence-electron chi connectivity index (χ3n) is 7.99. The van der Waals surface area contributed by atoms with Gasteiger partial charge in [-0.1, -0.05) is 71.8 Å². The van der Waals surface area contributed by atoms with Crippen LogP contribution >= 0.6 is 21.8 Å². The standard InChI is InChI=1S/C33H26BN2S2/c1-20-18-22(21-10-8-15-28-32(21)35-24-12-4-6-14-27(24)37-28)31-26(19-20)36-25-13-5-7-16-29(25)38(2,3)30-17-9-11-23(34-31)33(30)36/h4-19,35H,1-3H3. The maximum absolute atomic E-state index is 3.78. The SMILES string of the molecule is Cc1cc(-c2cccc3c2Nc2ccccc2S3)c2c(c1)N1c3ccccc3S(C)(C)c3cccc(c31)[B]2. The quantitative estimate of drug-likeness (QED) is 0.218. The summed E-state index contributed by atoms with van der Waals surface area (Å²) in [6.45, 7) is 2.23. The number of rotatable bonds is 1. The van der Waals surface area contributed by atoms with E-state index in [1.807, 2.05) is 11.8 Å². The van der Waals surface area contributed by atoms with Gasteiger partial charge in [-0.25, -0.2) is 0 Å². The van der Waals surface area contributed by atoms with Crippen LogP contribution in [0.15, 0.2) is 117 Å². The number of anilines is 5. The predicted molar refractivity (Wildman–Crippen MR) is 166 cm³/mol. The molecule has 5 heteroatoms. The van der Waals surface area contributed by atoms with Crippen LogP contribution in [0.5, 0.6) is 0 Å². The Morgan fingerprint density at radius 1 is 0.737 bits per heavy atom. The summed E-state index contributed by atoms with van der Waals surface area (Å²) in [6, 6.07) is 35.9. The highest BCUT2D eigenvalue weighted by atomic mass is 32.3. The lowest BCUT2D eigenvalue weighted by Crippen LogP contribution is -2.43. The lowest BCUT2D eigenvalue weighted by Gasteiger charge is -2.48. The number of para-hydroxylation sites is 4. The first-order valence-electron chi connectivity index (χ1n) is 12.9. The average Bonchev–Trinajstić information content (AvgIpc) is 2.93. The fourth-order valence-electron chi connectivity index (χ4n) is 6.24. The van der Waals surface area contributed by atoms with E-state index in [9.17, 15) is 0 Å². The average molecular weight is 526 g/mol. The number of aryl methyl sites for hydroxylation is 1. The molecule has 0 unspecified atom stereocenters. The van der Waals surface area contributed by atoms with E-state index < -0.39 is 10.0 Å². The second-order valence-electron chi connectivity index (χ2n) is 10.6. The van der Waals surface area contributed by atoms with Crippen LogP contribution in [0, 0.1) is 6.92 Å². The fraction of sp³-hybridized carbons (Fsp3) is 0.0909. The van der Waals surface area contributed by atoms with Crippen LogP contribution in [0.3, 0.4) is 0 Å². The van der Waals surface area contributed by atoms with Gasteiger partial charge in [0.25, 0.3) is 0 Å². The number of hydrogen-bond donors (Lipinski definition) is 1. The fourth-order valence-corrected chi connectivity index (χ4v) is 9.72. The maximum atomic E-state index is 3.78. The van der Waals surface area contributed by atoms with Gasteiger partial charge in [-0.2, -0.15) is 10.0 Å². The van der Waals surface area contributed by atoms with Gasteiger partial charge in [-0.05, 0) is 78.5 Å². The first kappa shape index (κ1) is 22.4. The van der Waals surface area contributed by atoms with Crippen molar-refractivity contribution in [1.29, 1.82) is 0 Å². The van der Waals surface area contributed by atoms with Crippen LogP contribution in [-0.4, -0.2) is 19.8 Å². The van der Waals surface area contributed by atoms with Crippen molar-refractivity contribution >= 4 is 68.4 Å². The van der Waals surface area contributed by atoms with Gasteiger partial charge >= 0.3 is 0 Å². The van der Waals surface area contributed by atoms with Crippen molar-refractivity contribution < 1.29 is 0 Å². The summed E-state index contributed by atoms with van der Waals surface area (Å²) in [5, 5.41) is 3.78. The molecule has 0 saturated heterocycles. The molecule has 0 fully saturated rings. The van der Waals surface area contributed by atoms with Crippen LogP contribution in [-0.2, 0) is 0 Å². The summed E-state index contributed by atoms with van der Waals surface area (Å²) in [7, 11) is 1.30. The molecule has 1 radical (unpaired) electrons. The summed E-state index contributed by atoms with van der Waals surface area (Å²) in [6.07, 6.45) is 4.88. The highest BCUT2D eigenvalue weighted by Crippen LogP contribution is 2.67. The van der Waals surface area contributed by atoms with Crippen molar-refractivity contribution in [3.63, 3.8) is 0 Å². The minimum Gasteiger partial charge on any atom is -0.353 e. The number of nitrogens with one attached hydrogen (secondary N) is 1. The summed E-state index contributed by atoms with van der Waals surface area (Å²) >= 11 is 1.85. The lowest BCUT2D eigenvalue weighted by atomic mass is 9.58. The largest absolute Gasteiger partial charge is 0.353 e. The summed E-state index contributed by atoms with van der Waals surface area (Å²) in [4.78, 5) is 7.99. The van der Waals surface area contributed by atoms with E-state index in [1.54, 1.807) is 0 Å². The molecule has 0 spiro atoms. The Bertz CT molecular complexity index is 1810. The van der Waals surface area contributed by atoms with E-state index in [0.717, 1.165) is 0 Å². The Morgan fingerprint density at radius 3 is 2.42 bits per heavy atom. The van der Waals surface area contributed by atoms with Gasteiger partial charge in [-0.3, -0.25) is 0 Å². The Balaban J connectivity index is 1.38. The molecule has 0 amide bonds. The number of nitrogens with zero attached hydrogens (tertiary/aromatic N) is 1. The van der Waals surface area contributed by atoms with Gasteiger partial charge < -0.3 is 10.2 Å². The molecular weight excluding hydrogens is 499 g/mol. The van der Waals surface area contributed by atoms with Gasteiger partial charge in [0.05, 0.1) is 22.7 Å². The van der Waals surface area contributed by atoms with Crippen molar-refractivity contribution in [3.05, 3.63) is 103 Å². The molecular formula is C33H26BN2S2. The molecule has 0 saturated carbocycles. The van der Waals surface area contributed by atoms with Crippen molar-refractivity contribution in [2.75, 3.05) is 22.7 Å². The zero-order valence-electron chi connectivity index (χ0n) is 21.6. The first-order valence-corrected chi connectivity index (χ1v) is 16.2. The molecule has 3 aliphatic rings. The minimum absolute atomic E-state index is 1.12. The summed E-state index contributed by atoms with van der Waals surface area (Å²) in [5.74, 6) is 0. The molecule has 5 aromatic rings. The number of benzene rings is 5. The van der Waals surface area contributed by atoms with Crippen molar-refractivity contribution in [3.8, 4) is 11.1 Å². The van der Waals surface area contributed by atoms with E-state index in [4.69, 9.17) is 0 Å². The molecule has 0 atom stereocenters. The molecule has 8 rings (SSSR count). The highest BCUT2D eigenvalue weighted by Gasteiger charge is 2.39. The van der Waals surface area contributed by atoms with Crippen LogP contribution in [0.2, 0.25) is 0 Å². The molecule has 3 aliphatic heterocycles. The monoisotopic (exact) mass is 525 g/mol. The molecule has 1 N–H and O–H groups in total. The van der Waals surface area contributed by atoms with E-state index in [1.165, 1.54) is 75.6 Å². The lowest BCUT2D eigenvalue weighted by molar-refractivity contribution is 1.15. The third-order valence-corrected chi connectivity index (χ3v) is 12.0. The number of fused-ring (bicyclic) bond motifs is 6. The molecule has 0 bridgehead atoms. The van der Waals surface area contributed by atoms with E-state index in [0.29, 0.717) is 0 Å². The molecule has 38 heavy (non-hydrogen) atoms. The Kier molecular flexibility index (Phi) is 4.72. The third kappa shape index (κ3) is 3.06. The van der Waals surface area contributed by atoms with Crippen LogP contribution in [0.4, 0.5) is 28.4 Å². The first-order chi connectivity index (χ1) is 18.5. The highest BCUT2D eigenvalue weighted by molar-refractivity contribution is 8.33. The Hall–Kier alpha value is -3.54. The molecule has 3 heterocycles. The van der Waals surface area contributed by atoms with Gasteiger partial charge in [0, 0.05) is 30.8 Å². The molecule has 5 aromatic carbocycles. The summed E-state index contributed by atoms with van der Waals surface area (Å²) in [5.41, 5.74) is 12.7. The van der Waals surface area contributed by atoms with Gasteiger partial charge in [0.15, 0.2) is 7.28 Å². The predicted octanol–water partition coefficient (Wildman–Crippen LogP) is 8.10. The Morgan fingerprint density at radius 2 is 1.50 bits per heavy atom. The summed E-state index contributed by atoms with van der Waals surface area (Å²) < 4.78 is 0. The maximum Gasteiger partial charge on any atom is 0.197 e. The minimum atomic E-state index is -1.12. The van der Waals surface area contributed by atoms with Gasteiger partial charge in [0.1, 0.15) is 0 Å². The molecule has 0 aromatic heterocycles. The van der Waals surface area contributed by atoms with E-state index in [-0.39, 0.29) is 0 Å². The van der Waals surface area contributed by atoms with E-state index in [2.05, 4.69) is 134 Å². The van der Waals surface area contributed by atoms with Gasteiger partial charge in [0.2, 0.25) is 0 Å². The molecule has 183 valence electrons. The normalized spacial score (nSPS) is 16.0. The zero-order chi connectivity index (χ0) is 25.6.